The number of hydrogen-bond donors (Lipinski definition) is 0. The molecular formula is C18H18N6O2. The van der Waals surface area contributed by atoms with Gasteiger partial charge in [-0.2, -0.15) is 0 Å². The van der Waals surface area contributed by atoms with Crippen LogP contribution in [0.2, 0.25) is 0 Å². The van der Waals surface area contributed by atoms with Crippen molar-refractivity contribution < 1.29 is 9.21 Å². The van der Waals surface area contributed by atoms with Crippen molar-refractivity contribution in [1.82, 2.24) is 30.0 Å². The standard InChI is InChI=1S/C18H18N6O2/c1-12-15(9-20-11-21-12)17-23-22-16(26-17)14-5-3-7-24(10-14)18(25)13-4-2-6-19-8-13/h2,4,6,8-9,11,14H,3,5,7,10H2,1H3/t14-/m1/s1. The van der Waals surface area contributed by atoms with Crippen molar-refractivity contribution in [3.63, 3.8) is 0 Å². The van der Waals surface area contributed by atoms with E-state index >= 15 is 0 Å². The van der Waals surface area contributed by atoms with Gasteiger partial charge in [0.25, 0.3) is 11.8 Å². The normalized spacial score (nSPS) is 17.3. The molecule has 0 radical (unpaired) electrons. The van der Waals surface area contributed by atoms with Gasteiger partial charge in [0, 0.05) is 31.7 Å². The second-order valence-electron chi connectivity index (χ2n) is 6.30. The average Bonchev–Trinajstić information content (AvgIpc) is 3.18. The zero-order chi connectivity index (χ0) is 17.9. The van der Waals surface area contributed by atoms with Gasteiger partial charge < -0.3 is 9.32 Å². The minimum Gasteiger partial charge on any atom is -0.420 e. The van der Waals surface area contributed by atoms with E-state index in [0.717, 1.165) is 30.6 Å². The Hall–Kier alpha value is -3.16. The van der Waals surface area contributed by atoms with Crippen LogP contribution in [0.15, 0.2) is 41.5 Å². The minimum absolute atomic E-state index is 0.0187. The van der Waals surface area contributed by atoms with Crippen LogP contribution in [0.5, 0.6) is 0 Å². The average molecular weight is 350 g/mol. The summed E-state index contributed by atoms with van der Waals surface area (Å²) in [6, 6.07) is 3.55. The summed E-state index contributed by atoms with van der Waals surface area (Å²) >= 11 is 0. The highest BCUT2D eigenvalue weighted by atomic mass is 16.4. The Balaban J connectivity index is 1.52. The molecule has 8 nitrogen and oxygen atoms in total. The van der Waals surface area contributed by atoms with Gasteiger partial charge in [-0.25, -0.2) is 9.97 Å². The molecule has 3 aromatic rings. The summed E-state index contributed by atoms with van der Waals surface area (Å²) in [7, 11) is 0. The summed E-state index contributed by atoms with van der Waals surface area (Å²) in [5.41, 5.74) is 2.11. The summed E-state index contributed by atoms with van der Waals surface area (Å²) in [6.45, 7) is 3.15. The Morgan fingerprint density at radius 1 is 1.27 bits per heavy atom. The molecule has 4 rings (SSSR count). The molecule has 1 aliphatic heterocycles. The van der Waals surface area contributed by atoms with E-state index in [9.17, 15) is 4.79 Å². The van der Waals surface area contributed by atoms with E-state index in [1.807, 2.05) is 11.8 Å². The molecule has 1 saturated heterocycles. The second-order valence-corrected chi connectivity index (χ2v) is 6.30. The number of hydrogen-bond acceptors (Lipinski definition) is 7. The summed E-state index contributed by atoms with van der Waals surface area (Å²) in [6.07, 6.45) is 8.20. The first-order chi connectivity index (χ1) is 12.7. The maximum atomic E-state index is 12.7. The van der Waals surface area contributed by atoms with Gasteiger partial charge in [0.05, 0.1) is 22.7 Å². The van der Waals surface area contributed by atoms with Crippen LogP contribution in [0, 0.1) is 6.92 Å². The highest BCUT2D eigenvalue weighted by Crippen LogP contribution is 2.29. The lowest BCUT2D eigenvalue weighted by Gasteiger charge is -2.31. The van der Waals surface area contributed by atoms with Crippen molar-refractivity contribution in [2.45, 2.75) is 25.7 Å². The van der Waals surface area contributed by atoms with E-state index in [1.54, 1.807) is 30.7 Å². The van der Waals surface area contributed by atoms with E-state index in [2.05, 4.69) is 25.1 Å². The number of piperidine rings is 1. The number of amides is 1. The lowest BCUT2D eigenvalue weighted by atomic mass is 9.97. The number of carbonyl (C=O) groups is 1. The quantitative estimate of drug-likeness (QED) is 0.714. The molecule has 26 heavy (non-hydrogen) atoms. The highest BCUT2D eigenvalue weighted by molar-refractivity contribution is 5.93. The highest BCUT2D eigenvalue weighted by Gasteiger charge is 2.29. The predicted octanol–water partition coefficient (Wildman–Crippen LogP) is 2.25. The van der Waals surface area contributed by atoms with Crippen LogP contribution in [0.3, 0.4) is 0 Å². The molecule has 0 N–H and O–H groups in total. The number of aromatic nitrogens is 5. The van der Waals surface area contributed by atoms with Gasteiger partial charge in [0.2, 0.25) is 5.89 Å². The van der Waals surface area contributed by atoms with E-state index in [0.29, 0.717) is 23.9 Å². The third-order valence-corrected chi connectivity index (χ3v) is 4.55. The molecule has 0 spiro atoms. The van der Waals surface area contributed by atoms with Gasteiger partial charge in [-0.05, 0) is 31.9 Å². The van der Waals surface area contributed by atoms with E-state index < -0.39 is 0 Å². The molecule has 4 heterocycles. The van der Waals surface area contributed by atoms with Gasteiger partial charge in [-0.3, -0.25) is 9.78 Å². The van der Waals surface area contributed by atoms with Crippen molar-refractivity contribution in [2.24, 2.45) is 0 Å². The van der Waals surface area contributed by atoms with Crippen LogP contribution in [0.25, 0.3) is 11.5 Å². The fraction of sp³-hybridized carbons (Fsp3) is 0.333. The molecular weight excluding hydrogens is 332 g/mol. The largest absolute Gasteiger partial charge is 0.420 e. The molecule has 0 saturated carbocycles. The maximum absolute atomic E-state index is 12.7. The van der Waals surface area contributed by atoms with Crippen molar-refractivity contribution in [3.05, 3.63) is 54.2 Å². The Morgan fingerprint density at radius 3 is 3.00 bits per heavy atom. The summed E-state index contributed by atoms with van der Waals surface area (Å²) in [5, 5.41) is 8.34. The SMILES string of the molecule is Cc1ncncc1-c1nnc([C@@H]2CCCN(C(=O)c3cccnc3)C2)o1. The molecule has 1 aliphatic rings. The van der Waals surface area contributed by atoms with Crippen LogP contribution in [-0.2, 0) is 0 Å². The van der Waals surface area contributed by atoms with Crippen molar-refractivity contribution in [2.75, 3.05) is 13.1 Å². The van der Waals surface area contributed by atoms with Gasteiger partial charge in [0.15, 0.2) is 0 Å². The van der Waals surface area contributed by atoms with Gasteiger partial charge in [-0.15, -0.1) is 10.2 Å². The molecule has 132 valence electrons. The van der Waals surface area contributed by atoms with E-state index in [1.165, 1.54) is 6.33 Å². The Bertz CT molecular complexity index is 911. The summed E-state index contributed by atoms with van der Waals surface area (Å²) < 4.78 is 5.87. The lowest BCUT2D eigenvalue weighted by molar-refractivity contribution is 0.0698. The predicted molar refractivity (Wildman–Crippen MR) is 92.2 cm³/mol. The van der Waals surface area contributed by atoms with E-state index in [-0.39, 0.29) is 11.8 Å². The first-order valence-corrected chi connectivity index (χ1v) is 8.52. The third kappa shape index (κ3) is 3.17. The number of carbonyl (C=O) groups excluding carboxylic acids is 1. The molecule has 0 aromatic carbocycles. The van der Waals surface area contributed by atoms with Crippen molar-refractivity contribution >= 4 is 5.91 Å². The Morgan fingerprint density at radius 2 is 2.19 bits per heavy atom. The molecule has 8 heteroatoms. The topological polar surface area (TPSA) is 97.9 Å². The summed E-state index contributed by atoms with van der Waals surface area (Å²) in [4.78, 5) is 26.7. The van der Waals surface area contributed by atoms with Gasteiger partial charge >= 0.3 is 0 Å². The van der Waals surface area contributed by atoms with Crippen LogP contribution in [0.4, 0.5) is 0 Å². The molecule has 1 amide bonds. The number of rotatable bonds is 3. The Kier molecular flexibility index (Phi) is 4.39. The molecule has 0 bridgehead atoms. The fourth-order valence-electron chi connectivity index (χ4n) is 3.14. The zero-order valence-corrected chi connectivity index (χ0v) is 14.4. The molecule has 0 aliphatic carbocycles. The fourth-order valence-corrected chi connectivity index (χ4v) is 3.14. The van der Waals surface area contributed by atoms with Gasteiger partial charge in [-0.1, -0.05) is 0 Å². The number of pyridine rings is 1. The first kappa shape index (κ1) is 16.3. The molecule has 1 fully saturated rings. The zero-order valence-electron chi connectivity index (χ0n) is 14.4. The maximum Gasteiger partial charge on any atom is 0.255 e. The number of aryl methyl sites for hydroxylation is 1. The van der Waals surface area contributed by atoms with Crippen LogP contribution in [0.1, 0.15) is 40.7 Å². The van der Waals surface area contributed by atoms with E-state index in [4.69, 9.17) is 4.42 Å². The number of nitrogens with zero attached hydrogens (tertiary/aromatic N) is 6. The van der Waals surface area contributed by atoms with Crippen LogP contribution in [-0.4, -0.2) is 49.0 Å². The van der Waals surface area contributed by atoms with Crippen molar-refractivity contribution in [1.29, 1.82) is 0 Å². The minimum atomic E-state index is -0.0187. The second kappa shape index (κ2) is 6.99. The summed E-state index contributed by atoms with van der Waals surface area (Å²) in [5.74, 6) is 0.964. The first-order valence-electron chi connectivity index (χ1n) is 8.52. The lowest BCUT2D eigenvalue weighted by Crippen LogP contribution is -2.39. The third-order valence-electron chi connectivity index (χ3n) is 4.55. The monoisotopic (exact) mass is 350 g/mol. The number of likely N-dealkylation sites (tertiary alicyclic amines) is 1. The Labute approximate surface area is 150 Å². The smallest absolute Gasteiger partial charge is 0.255 e. The van der Waals surface area contributed by atoms with Crippen molar-refractivity contribution in [3.8, 4) is 11.5 Å². The van der Waals surface area contributed by atoms with Gasteiger partial charge in [0.1, 0.15) is 6.33 Å². The molecule has 0 unspecified atom stereocenters. The molecule has 1 atom stereocenters. The van der Waals surface area contributed by atoms with Crippen LogP contribution >= 0.6 is 0 Å². The molecule has 3 aromatic heterocycles. The van der Waals surface area contributed by atoms with Crippen LogP contribution < -0.4 is 0 Å².